The molecule has 0 saturated heterocycles. The third-order valence-corrected chi connectivity index (χ3v) is 0.850. The van der Waals surface area contributed by atoms with Gasteiger partial charge in [-0.2, -0.15) is 0 Å². The molecule has 11 heavy (non-hydrogen) atoms. The summed E-state index contributed by atoms with van der Waals surface area (Å²) in [7, 11) is 0. The third kappa shape index (κ3) is 8.48. The highest BCUT2D eigenvalue weighted by atomic mass is 16.4. The molecule has 0 aliphatic heterocycles. The van der Waals surface area contributed by atoms with Crippen LogP contribution in [0.5, 0.6) is 0 Å². The minimum absolute atomic E-state index is 0.0117. The van der Waals surface area contributed by atoms with Crippen molar-refractivity contribution >= 4 is 12.1 Å². The number of rotatable bonds is 4. The summed E-state index contributed by atoms with van der Waals surface area (Å²) in [6.45, 7) is 0. The molecule has 0 aliphatic carbocycles. The van der Waals surface area contributed by atoms with Gasteiger partial charge < -0.3 is 10.2 Å². The van der Waals surface area contributed by atoms with E-state index in [1.807, 2.05) is 5.32 Å². The molecule has 0 aromatic carbocycles. The number of carboxylic acids is 1. The van der Waals surface area contributed by atoms with E-state index in [-0.39, 0.29) is 6.42 Å². The van der Waals surface area contributed by atoms with Crippen LogP contribution in [0.1, 0.15) is 12.8 Å². The highest BCUT2D eigenvalue weighted by molar-refractivity contribution is 5.67. The van der Waals surface area contributed by atoms with Crippen LogP contribution in [-0.4, -0.2) is 22.3 Å². The second kappa shape index (κ2) is 5.28. The van der Waals surface area contributed by atoms with Crippen molar-refractivity contribution in [1.29, 1.82) is 0 Å². The molecule has 0 aromatic heterocycles. The van der Waals surface area contributed by atoms with E-state index in [9.17, 15) is 9.59 Å². The average Bonchev–Trinajstić information content (AvgIpc) is 1.85. The lowest BCUT2D eigenvalue weighted by Gasteiger charge is -1.89. The van der Waals surface area contributed by atoms with E-state index >= 15 is 0 Å². The number of carbonyl (C=O) groups is 2. The van der Waals surface area contributed by atoms with E-state index in [2.05, 4.69) is 0 Å². The van der Waals surface area contributed by atoms with Crippen molar-refractivity contribution in [3.05, 3.63) is 12.3 Å². The lowest BCUT2D eigenvalue weighted by atomic mass is 10.3. The predicted octanol–water partition coefficient (Wildman–Crippen LogP) is 0.633. The average molecular weight is 159 g/mol. The smallest absolute Gasteiger partial charge is 0.408 e. The quantitative estimate of drug-likeness (QED) is 0.561. The van der Waals surface area contributed by atoms with Gasteiger partial charge in [0.25, 0.3) is 0 Å². The first-order chi connectivity index (χ1) is 5.13. The van der Waals surface area contributed by atoms with Crippen molar-refractivity contribution in [3.8, 4) is 0 Å². The van der Waals surface area contributed by atoms with Crippen LogP contribution in [0.25, 0.3) is 0 Å². The molecule has 1 amide bonds. The van der Waals surface area contributed by atoms with Crippen LogP contribution in [0.2, 0.25) is 0 Å². The number of hydrogen-bond donors (Lipinski definition) is 3. The molecule has 3 N–H and O–H groups in total. The number of nitrogens with one attached hydrogen (secondary N) is 1. The van der Waals surface area contributed by atoms with E-state index in [0.29, 0.717) is 6.42 Å². The summed E-state index contributed by atoms with van der Waals surface area (Å²) >= 11 is 0. The predicted molar refractivity (Wildman–Crippen MR) is 37.2 cm³/mol. The van der Waals surface area contributed by atoms with Crippen LogP contribution < -0.4 is 5.32 Å². The molecule has 0 heterocycles. The highest BCUT2D eigenvalue weighted by Gasteiger charge is 1.91. The maximum Gasteiger partial charge on any atom is 0.408 e. The van der Waals surface area contributed by atoms with Crippen LogP contribution in [-0.2, 0) is 4.79 Å². The van der Waals surface area contributed by atoms with Gasteiger partial charge in [0.2, 0.25) is 0 Å². The summed E-state index contributed by atoms with van der Waals surface area (Å²) < 4.78 is 0. The van der Waals surface area contributed by atoms with E-state index in [4.69, 9.17) is 10.2 Å². The number of hydrogen-bond acceptors (Lipinski definition) is 2. The van der Waals surface area contributed by atoms with Crippen molar-refractivity contribution in [3.63, 3.8) is 0 Å². The number of amides is 1. The molecule has 5 nitrogen and oxygen atoms in total. The SMILES string of the molecule is O=C(O)CCC=CNC(=O)O. The van der Waals surface area contributed by atoms with Gasteiger partial charge in [0.05, 0.1) is 0 Å². The molecule has 0 fully saturated rings. The van der Waals surface area contributed by atoms with Crippen LogP contribution >= 0.6 is 0 Å². The second-order valence-electron chi connectivity index (χ2n) is 1.78. The molecule has 0 rings (SSSR count). The Morgan fingerprint density at radius 1 is 1.36 bits per heavy atom. The summed E-state index contributed by atoms with van der Waals surface area (Å²) in [5, 5.41) is 18.2. The fourth-order valence-corrected chi connectivity index (χ4v) is 0.420. The number of aliphatic carboxylic acids is 1. The Balaban J connectivity index is 3.30. The highest BCUT2D eigenvalue weighted by Crippen LogP contribution is 1.88. The second-order valence-corrected chi connectivity index (χ2v) is 1.78. The molecular formula is C6H9NO4. The summed E-state index contributed by atoms with van der Waals surface area (Å²) in [5.41, 5.74) is 0. The molecule has 0 unspecified atom stereocenters. The largest absolute Gasteiger partial charge is 0.481 e. The molecule has 0 saturated carbocycles. The fourth-order valence-electron chi connectivity index (χ4n) is 0.420. The van der Waals surface area contributed by atoms with E-state index in [1.54, 1.807) is 0 Å². The van der Waals surface area contributed by atoms with Crippen LogP contribution in [0.3, 0.4) is 0 Å². The van der Waals surface area contributed by atoms with E-state index < -0.39 is 12.1 Å². The maximum atomic E-state index is 9.93. The van der Waals surface area contributed by atoms with Crippen molar-refractivity contribution in [2.75, 3.05) is 0 Å². The van der Waals surface area contributed by atoms with Gasteiger partial charge in [0.1, 0.15) is 0 Å². The van der Waals surface area contributed by atoms with Gasteiger partial charge >= 0.3 is 12.1 Å². The Morgan fingerprint density at radius 3 is 2.45 bits per heavy atom. The Morgan fingerprint density at radius 2 is 2.00 bits per heavy atom. The van der Waals surface area contributed by atoms with Crippen LogP contribution in [0.4, 0.5) is 4.79 Å². The van der Waals surface area contributed by atoms with Gasteiger partial charge in [0, 0.05) is 12.6 Å². The Bertz CT molecular complexity index is 175. The summed E-state index contributed by atoms with van der Waals surface area (Å²) in [6, 6.07) is 0. The molecule has 0 aromatic rings. The maximum absolute atomic E-state index is 9.93. The lowest BCUT2D eigenvalue weighted by Crippen LogP contribution is -2.12. The summed E-state index contributed by atoms with van der Waals surface area (Å²) in [5.74, 6) is -0.898. The van der Waals surface area contributed by atoms with Crippen molar-refractivity contribution in [1.82, 2.24) is 5.32 Å². The summed E-state index contributed by atoms with van der Waals surface area (Å²) in [6.07, 6.45) is 1.83. The first kappa shape index (κ1) is 9.48. The zero-order valence-electron chi connectivity index (χ0n) is 5.78. The molecule has 0 bridgehead atoms. The monoisotopic (exact) mass is 159 g/mol. The van der Waals surface area contributed by atoms with E-state index in [0.717, 1.165) is 0 Å². The first-order valence-electron chi connectivity index (χ1n) is 2.99. The molecule has 5 heteroatoms. The Labute approximate surface area is 63.3 Å². The van der Waals surface area contributed by atoms with Gasteiger partial charge in [-0.3, -0.25) is 10.1 Å². The van der Waals surface area contributed by atoms with Gasteiger partial charge in [0.15, 0.2) is 0 Å². The minimum atomic E-state index is -1.16. The zero-order valence-corrected chi connectivity index (χ0v) is 5.78. The number of carboxylic acid groups (broad SMARTS) is 2. The Kier molecular flexibility index (Phi) is 4.55. The topological polar surface area (TPSA) is 86.6 Å². The Hall–Kier alpha value is -1.52. The zero-order chi connectivity index (χ0) is 8.69. The van der Waals surface area contributed by atoms with E-state index in [1.165, 1.54) is 12.3 Å². The molecule has 62 valence electrons. The standard InChI is InChI=1S/C6H9NO4/c8-5(9)3-1-2-4-7-6(10)11/h2,4,7H,1,3H2,(H,8,9)(H,10,11). The fraction of sp³-hybridized carbons (Fsp3) is 0.333. The molecule has 0 atom stereocenters. The number of allylic oxidation sites excluding steroid dienone is 1. The molecule has 0 radical (unpaired) electrons. The molecular weight excluding hydrogens is 150 g/mol. The molecule has 0 spiro atoms. The van der Waals surface area contributed by atoms with Gasteiger partial charge in [-0.1, -0.05) is 6.08 Å². The minimum Gasteiger partial charge on any atom is -0.481 e. The van der Waals surface area contributed by atoms with Gasteiger partial charge in [-0.15, -0.1) is 0 Å². The van der Waals surface area contributed by atoms with Crippen LogP contribution in [0.15, 0.2) is 12.3 Å². The van der Waals surface area contributed by atoms with Gasteiger partial charge in [-0.05, 0) is 6.42 Å². The normalized spacial score (nSPS) is 9.82. The molecule has 0 aliphatic rings. The third-order valence-electron chi connectivity index (χ3n) is 0.850. The lowest BCUT2D eigenvalue weighted by molar-refractivity contribution is -0.136. The van der Waals surface area contributed by atoms with Crippen molar-refractivity contribution < 1.29 is 19.8 Å². The summed E-state index contributed by atoms with van der Waals surface area (Å²) in [4.78, 5) is 19.7. The van der Waals surface area contributed by atoms with Gasteiger partial charge in [-0.25, -0.2) is 4.79 Å². The van der Waals surface area contributed by atoms with Crippen molar-refractivity contribution in [2.45, 2.75) is 12.8 Å². The van der Waals surface area contributed by atoms with Crippen molar-refractivity contribution in [2.24, 2.45) is 0 Å². The first-order valence-corrected chi connectivity index (χ1v) is 2.99. The van der Waals surface area contributed by atoms with Crippen LogP contribution in [0, 0.1) is 0 Å².